The van der Waals surface area contributed by atoms with Crippen molar-refractivity contribution in [2.24, 2.45) is 0 Å². The van der Waals surface area contributed by atoms with E-state index in [-0.39, 0.29) is 0 Å². The second kappa shape index (κ2) is 5.37. The molecule has 1 heterocycles. The van der Waals surface area contributed by atoms with Gasteiger partial charge in [-0.05, 0) is 51.6 Å². The Hall–Kier alpha value is -1.00. The minimum Gasteiger partial charge on any atom is -0.489 e. The van der Waals surface area contributed by atoms with Gasteiger partial charge in [0.15, 0.2) is 0 Å². The van der Waals surface area contributed by atoms with Crippen LogP contribution in [0.5, 0.6) is 5.75 Å². The number of benzene rings is 1. The molecule has 0 amide bonds. The number of ether oxygens (including phenoxy) is 1. The van der Waals surface area contributed by atoms with Crippen LogP contribution in [0.4, 0.5) is 5.69 Å². The van der Waals surface area contributed by atoms with E-state index in [0.717, 1.165) is 15.2 Å². The summed E-state index contributed by atoms with van der Waals surface area (Å²) < 4.78 is 6.80. The van der Waals surface area contributed by atoms with Crippen molar-refractivity contribution >= 4 is 33.0 Å². The van der Waals surface area contributed by atoms with Crippen LogP contribution in [-0.4, -0.2) is 7.05 Å². The van der Waals surface area contributed by atoms with Gasteiger partial charge in [-0.1, -0.05) is 0 Å². The molecule has 0 atom stereocenters. The van der Waals surface area contributed by atoms with Crippen molar-refractivity contribution in [2.75, 3.05) is 12.4 Å². The molecule has 1 N–H and O–H groups in total. The monoisotopic (exact) mass is 297 g/mol. The van der Waals surface area contributed by atoms with Crippen LogP contribution in [0.2, 0.25) is 0 Å². The molecule has 0 saturated carbocycles. The first-order valence-corrected chi connectivity index (χ1v) is 6.59. The maximum Gasteiger partial charge on any atom is 0.119 e. The third-order valence-electron chi connectivity index (χ3n) is 2.17. The average Bonchev–Trinajstić information content (AvgIpc) is 2.73. The normalized spacial score (nSPS) is 10.1. The summed E-state index contributed by atoms with van der Waals surface area (Å²) in [7, 11) is 1.90. The van der Waals surface area contributed by atoms with Gasteiger partial charge in [0.2, 0.25) is 0 Å². The fraction of sp³-hybridized carbons (Fsp3) is 0.167. The molecule has 16 heavy (non-hydrogen) atoms. The zero-order valence-corrected chi connectivity index (χ0v) is 11.3. The van der Waals surface area contributed by atoms with Crippen LogP contribution in [-0.2, 0) is 6.61 Å². The smallest absolute Gasteiger partial charge is 0.119 e. The second-order valence-corrected chi connectivity index (χ2v) is 5.61. The minimum absolute atomic E-state index is 0.612. The largest absolute Gasteiger partial charge is 0.489 e. The molecular formula is C12H12BrNOS. The van der Waals surface area contributed by atoms with Crippen LogP contribution < -0.4 is 10.1 Å². The van der Waals surface area contributed by atoms with Crippen molar-refractivity contribution in [1.29, 1.82) is 0 Å². The van der Waals surface area contributed by atoms with Crippen LogP contribution in [0.1, 0.15) is 5.56 Å². The molecule has 4 heteroatoms. The van der Waals surface area contributed by atoms with Crippen molar-refractivity contribution in [3.05, 3.63) is 45.1 Å². The molecule has 0 saturated heterocycles. The van der Waals surface area contributed by atoms with Gasteiger partial charge >= 0.3 is 0 Å². The lowest BCUT2D eigenvalue weighted by Crippen LogP contribution is -1.94. The summed E-state index contributed by atoms with van der Waals surface area (Å²) in [6, 6.07) is 10.0. The second-order valence-electron chi connectivity index (χ2n) is 3.32. The lowest BCUT2D eigenvalue weighted by atomic mass is 10.3. The highest BCUT2D eigenvalue weighted by Crippen LogP contribution is 2.22. The topological polar surface area (TPSA) is 21.3 Å². The zero-order valence-electron chi connectivity index (χ0n) is 8.87. The van der Waals surface area contributed by atoms with E-state index in [1.807, 2.05) is 31.3 Å². The summed E-state index contributed by atoms with van der Waals surface area (Å²) in [5.74, 6) is 0.890. The quantitative estimate of drug-likeness (QED) is 0.916. The zero-order chi connectivity index (χ0) is 11.4. The van der Waals surface area contributed by atoms with Gasteiger partial charge in [0.25, 0.3) is 0 Å². The summed E-state index contributed by atoms with van der Waals surface area (Å²) in [4.78, 5) is 0. The first kappa shape index (κ1) is 11.5. The summed E-state index contributed by atoms with van der Waals surface area (Å²) >= 11 is 5.10. The van der Waals surface area contributed by atoms with E-state index in [4.69, 9.17) is 4.74 Å². The average molecular weight is 298 g/mol. The Labute approximate surface area is 107 Å². The number of thiophene rings is 1. The van der Waals surface area contributed by atoms with Gasteiger partial charge in [-0.25, -0.2) is 0 Å². The van der Waals surface area contributed by atoms with Crippen molar-refractivity contribution in [3.63, 3.8) is 0 Å². The van der Waals surface area contributed by atoms with Gasteiger partial charge in [0.05, 0.1) is 3.79 Å². The molecule has 0 unspecified atom stereocenters. The fourth-order valence-electron chi connectivity index (χ4n) is 1.31. The van der Waals surface area contributed by atoms with Gasteiger partial charge in [0, 0.05) is 18.3 Å². The van der Waals surface area contributed by atoms with E-state index in [1.54, 1.807) is 11.3 Å². The molecule has 0 aliphatic heterocycles. The maximum atomic E-state index is 5.66. The van der Waals surface area contributed by atoms with E-state index in [1.165, 1.54) is 5.56 Å². The highest BCUT2D eigenvalue weighted by molar-refractivity contribution is 9.11. The van der Waals surface area contributed by atoms with Crippen molar-refractivity contribution in [3.8, 4) is 5.75 Å². The molecule has 1 aromatic heterocycles. The Kier molecular flexibility index (Phi) is 3.85. The Morgan fingerprint density at radius 1 is 1.31 bits per heavy atom. The number of rotatable bonds is 4. The first-order chi connectivity index (χ1) is 7.78. The summed E-state index contributed by atoms with van der Waals surface area (Å²) in [5, 5.41) is 5.16. The molecule has 0 aliphatic carbocycles. The van der Waals surface area contributed by atoms with Crippen LogP contribution in [0, 0.1) is 0 Å². The predicted octanol–water partition coefficient (Wildman–Crippen LogP) is 4.13. The molecule has 1 aromatic carbocycles. The Morgan fingerprint density at radius 2 is 2.06 bits per heavy atom. The Bertz CT molecular complexity index is 452. The summed E-state index contributed by atoms with van der Waals surface area (Å²) in [5.41, 5.74) is 2.28. The molecular weight excluding hydrogens is 286 g/mol. The van der Waals surface area contributed by atoms with Crippen molar-refractivity contribution < 1.29 is 4.74 Å². The van der Waals surface area contributed by atoms with E-state index in [0.29, 0.717) is 6.61 Å². The maximum absolute atomic E-state index is 5.66. The van der Waals surface area contributed by atoms with Crippen molar-refractivity contribution in [1.82, 2.24) is 0 Å². The van der Waals surface area contributed by atoms with Crippen molar-refractivity contribution in [2.45, 2.75) is 6.61 Å². The third-order valence-corrected chi connectivity index (χ3v) is 3.72. The van der Waals surface area contributed by atoms with Crippen LogP contribution in [0.15, 0.2) is 39.5 Å². The fourth-order valence-corrected chi connectivity index (χ4v) is 2.50. The van der Waals surface area contributed by atoms with E-state index in [2.05, 4.69) is 32.7 Å². The molecule has 0 radical (unpaired) electrons. The lowest BCUT2D eigenvalue weighted by molar-refractivity contribution is 0.307. The summed E-state index contributed by atoms with van der Waals surface area (Å²) in [6.45, 7) is 0.612. The SMILES string of the molecule is CNc1ccc(OCc2csc(Br)c2)cc1. The molecule has 2 aromatic rings. The minimum atomic E-state index is 0.612. The Balaban J connectivity index is 1.94. The third kappa shape index (κ3) is 3.00. The lowest BCUT2D eigenvalue weighted by Gasteiger charge is -2.05. The molecule has 0 aliphatic rings. The van der Waals surface area contributed by atoms with Gasteiger partial charge in [-0.3, -0.25) is 0 Å². The standard InChI is InChI=1S/C12H12BrNOS/c1-14-10-2-4-11(5-3-10)15-7-9-6-12(13)16-8-9/h2-6,8,14H,7H2,1H3. The number of halogens is 1. The van der Waals surface area contributed by atoms with Gasteiger partial charge in [-0.2, -0.15) is 0 Å². The van der Waals surface area contributed by atoms with E-state index < -0.39 is 0 Å². The molecule has 2 rings (SSSR count). The van der Waals surface area contributed by atoms with Crippen LogP contribution >= 0.6 is 27.3 Å². The van der Waals surface area contributed by atoms with E-state index >= 15 is 0 Å². The number of hydrogen-bond acceptors (Lipinski definition) is 3. The van der Waals surface area contributed by atoms with Crippen LogP contribution in [0.3, 0.4) is 0 Å². The highest BCUT2D eigenvalue weighted by Gasteiger charge is 1.99. The number of anilines is 1. The molecule has 0 fully saturated rings. The summed E-state index contributed by atoms with van der Waals surface area (Å²) in [6.07, 6.45) is 0. The molecule has 84 valence electrons. The molecule has 2 nitrogen and oxygen atoms in total. The highest BCUT2D eigenvalue weighted by atomic mass is 79.9. The van der Waals surface area contributed by atoms with E-state index in [9.17, 15) is 0 Å². The van der Waals surface area contributed by atoms with Crippen LogP contribution in [0.25, 0.3) is 0 Å². The molecule has 0 bridgehead atoms. The van der Waals surface area contributed by atoms with Gasteiger partial charge in [0.1, 0.15) is 12.4 Å². The van der Waals surface area contributed by atoms with Gasteiger partial charge in [-0.15, -0.1) is 11.3 Å². The molecule has 0 spiro atoms. The number of nitrogens with one attached hydrogen (secondary N) is 1. The van der Waals surface area contributed by atoms with Gasteiger partial charge < -0.3 is 10.1 Å². The first-order valence-electron chi connectivity index (χ1n) is 4.91. The Morgan fingerprint density at radius 3 is 2.62 bits per heavy atom. The number of hydrogen-bond donors (Lipinski definition) is 1. The predicted molar refractivity (Wildman–Crippen MR) is 72.3 cm³/mol.